The van der Waals surface area contributed by atoms with Crippen LogP contribution in [0.25, 0.3) is 0 Å². The molecule has 0 bridgehead atoms. The summed E-state index contributed by atoms with van der Waals surface area (Å²) in [4.78, 5) is 40.7. The number of rotatable bonds is 6. The number of para-hydroxylation sites is 1. The number of carbonyl (C=O) groups excluding carboxylic acids is 3. The third-order valence-electron chi connectivity index (χ3n) is 4.85. The zero-order valence-electron chi connectivity index (χ0n) is 16.9. The SMILES string of the molecule is CC(C)Oc1ccc(C(=O)N2CCN(c3ccccc3)CC2C(=O)C(N)=O)cc1Cl. The van der Waals surface area contributed by atoms with E-state index >= 15 is 0 Å². The van der Waals surface area contributed by atoms with Gasteiger partial charge in [0.1, 0.15) is 11.8 Å². The molecule has 0 saturated carbocycles. The van der Waals surface area contributed by atoms with E-state index in [1.165, 1.54) is 11.0 Å². The van der Waals surface area contributed by atoms with Crippen molar-refractivity contribution in [3.63, 3.8) is 0 Å². The maximum atomic E-state index is 13.2. The first-order valence-corrected chi connectivity index (χ1v) is 10.1. The number of ether oxygens (including phenoxy) is 1. The molecule has 30 heavy (non-hydrogen) atoms. The number of nitrogens with zero attached hydrogens (tertiary/aromatic N) is 2. The summed E-state index contributed by atoms with van der Waals surface area (Å²) in [6.07, 6.45) is -0.0623. The van der Waals surface area contributed by atoms with Crippen LogP contribution < -0.4 is 15.4 Å². The molecule has 3 rings (SSSR count). The van der Waals surface area contributed by atoms with Gasteiger partial charge in [-0.15, -0.1) is 0 Å². The van der Waals surface area contributed by atoms with Crippen LogP contribution in [0.15, 0.2) is 48.5 Å². The van der Waals surface area contributed by atoms with Crippen molar-refractivity contribution < 1.29 is 19.1 Å². The number of hydrogen-bond acceptors (Lipinski definition) is 5. The van der Waals surface area contributed by atoms with Gasteiger partial charge < -0.3 is 20.3 Å². The highest BCUT2D eigenvalue weighted by Gasteiger charge is 2.38. The molecule has 1 atom stereocenters. The molecule has 0 aromatic heterocycles. The summed E-state index contributed by atoms with van der Waals surface area (Å²) < 4.78 is 5.60. The second-order valence-corrected chi connectivity index (χ2v) is 7.74. The third kappa shape index (κ3) is 4.74. The maximum absolute atomic E-state index is 13.2. The molecule has 2 aromatic carbocycles. The minimum absolute atomic E-state index is 0.0623. The Bertz CT molecular complexity index is 949. The van der Waals surface area contributed by atoms with Crippen molar-refractivity contribution in [2.45, 2.75) is 26.0 Å². The fraction of sp³-hybridized carbons (Fsp3) is 0.318. The maximum Gasteiger partial charge on any atom is 0.287 e. The van der Waals surface area contributed by atoms with Gasteiger partial charge in [0.05, 0.1) is 11.1 Å². The van der Waals surface area contributed by atoms with Gasteiger partial charge in [0.2, 0.25) is 5.78 Å². The van der Waals surface area contributed by atoms with Crippen LogP contribution >= 0.6 is 11.6 Å². The molecule has 1 saturated heterocycles. The average Bonchev–Trinajstić information content (AvgIpc) is 2.74. The first kappa shape index (κ1) is 21.6. The van der Waals surface area contributed by atoms with Gasteiger partial charge in [0, 0.05) is 30.9 Å². The molecule has 2 N–H and O–H groups in total. The zero-order valence-corrected chi connectivity index (χ0v) is 17.6. The standard InChI is InChI=1S/C22H24ClN3O4/c1-14(2)30-19-9-8-15(12-17(19)23)22(29)26-11-10-25(16-6-4-3-5-7-16)13-18(26)20(27)21(24)28/h3-9,12,14,18H,10-11,13H2,1-2H3,(H2,24,28). The van der Waals surface area contributed by atoms with E-state index in [9.17, 15) is 14.4 Å². The molecule has 1 unspecified atom stereocenters. The number of primary amides is 1. The molecular weight excluding hydrogens is 406 g/mol. The summed E-state index contributed by atoms with van der Waals surface area (Å²) >= 11 is 6.26. The molecule has 1 fully saturated rings. The Morgan fingerprint density at radius 2 is 1.80 bits per heavy atom. The molecule has 2 amide bonds. The summed E-state index contributed by atoms with van der Waals surface area (Å²) in [7, 11) is 0. The Hall–Kier alpha value is -3.06. The minimum Gasteiger partial charge on any atom is -0.489 e. The number of ketones is 1. The Labute approximate surface area is 180 Å². The Balaban J connectivity index is 1.86. The normalized spacial score (nSPS) is 16.5. The Morgan fingerprint density at radius 1 is 1.10 bits per heavy atom. The third-order valence-corrected chi connectivity index (χ3v) is 5.14. The number of anilines is 1. The van der Waals surface area contributed by atoms with E-state index < -0.39 is 17.7 Å². The quantitative estimate of drug-likeness (QED) is 0.712. The summed E-state index contributed by atoms with van der Waals surface area (Å²) in [5.41, 5.74) is 6.48. The number of carbonyl (C=O) groups is 3. The van der Waals surface area contributed by atoms with Gasteiger partial charge in [-0.3, -0.25) is 14.4 Å². The molecule has 0 aliphatic carbocycles. The van der Waals surface area contributed by atoms with Crippen molar-refractivity contribution >= 4 is 34.9 Å². The molecule has 1 aliphatic rings. The predicted octanol–water partition coefficient (Wildman–Crippen LogP) is 2.51. The second-order valence-electron chi connectivity index (χ2n) is 7.34. The van der Waals surface area contributed by atoms with Crippen molar-refractivity contribution in [1.82, 2.24) is 4.90 Å². The number of hydrogen-bond donors (Lipinski definition) is 1. The Kier molecular flexibility index (Phi) is 6.62. The lowest BCUT2D eigenvalue weighted by atomic mass is 10.0. The first-order valence-electron chi connectivity index (χ1n) is 9.68. The van der Waals surface area contributed by atoms with E-state index in [-0.39, 0.29) is 25.1 Å². The van der Waals surface area contributed by atoms with E-state index in [0.29, 0.717) is 22.9 Å². The highest BCUT2D eigenvalue weighted by molar-refractivity contribution is 6.38. The highest BCUT2D eigenvalue weighted by Crippen LogP contribution is 2.28. The van der Waals surface area contributed by atoms with Crippen LogP contribution in [-0.4, -0.2) is 54.3 Å². The van der Waals surface area contributed by atoms with Crippen LogP contribution in [0.4, 0.5) is 5.69 Å². The lowest BCUT2D eigenvalue weighted by molar-refractivity contribution is -0.138. The number of nitrogens with two attached hydrogens (primary N) is 1. The average molecular weight is 430 g/mol. The van der Waals surface area contributed by atoms with E-state index in [1.54, 1.807) is 12.1 Å². The second kappa shape index (κ2) is 9.17. The summed E-state index contributed by atoms with van der Waals surface area (Å²) in [6.45, 7) is 4.71. The van der Waals surface area contributed by atoms with Crippen LogP contribution in [0.1, 0.15) is 24.2 Å². The molecule has 158 valence electrons. The van der Waals surface area contributed by atoms with Gasteiger partial charge in [-0.2, -0.15) is 0 Å². The fourth-order valence-electron chi connectivity index (χ4n) is 3.44. The fourth-order valence-corrected chi connectivity index (χ4v) is 3.66. The molecule has 2 aromatic rings. The number of benzene rings is 2. The molecule has 8 heteroatoms. The molecule has 7 nitrogen and oxygen atoms in total. The smallest absolute Gasteiger partial charge is 0.287 e. The zero-order chi connectivity index (χ0) is 21.8. The molecule has 0 radical (unpaired) electrons. The minimum atomic E-state index is -1.06. The van der Waals surface area contributed by atoms with Gasteiger partial charge in [-0.1, -0.05) is 29.8 Å². The summed E-state index contributed by atoms with van der Waals surface area (Å²) in [5.74, 6) is -1.77. The van der Waals surface area contributed by atoms with Crippen molar-refractivity contribution in [2.24, 2.45) is 5.73 Å². The number of piperazine rings is 1. The van der Waals surface area contributed by atoms with E-state index in [1.807, 2.05) is 49.1 Å². The topological polar surface area (TPSA) is 92.9 Å². The number of amides is 2. The molecule has 0 spiro atoms. The van der Waals surface area contributed by atoms with Gasteiger partial charge in [-0.05, 0) is 44.2 Å². The monoisotopic (exact) mass is 429 g/mol. The van der Waals surface area contributed by atoms with E-state index in [2.05, 4.69) is 0 Å². The number of Topliss-reactive ketones (excluding diaryl/α,β-unsaturated/α-hetero) is 1. The van der Waals surface area contributed by atoms with E-state index in [4.69, 9.17) is 22.1 Å². The van der Waals surface area contributed by atoms with Gasteiger partial charge in [0.25, 0.3) is 11.8 Å². The van der Waals surface area contributed by atoms with Crippen LogP contribution in [0.5, 0.6) is 5.75 Å². The molecule has 1 aliphatic heterocycles. The van der Waals surface area contributed by atoms with Crippen molar-refractivity contribution in [3.8, 4) is 5.75 Å². The predicted molar refractivity (Wildman–Crippen MR) is 115 cm³/mol. The largest absolute Gasteiger partial charge is 0.489 e. The van der Waals surface area contributed by atoms with Gasteiger partial charge in [0.15, 0.2) is 0 Å². The van der Waals surface area contributed by atoms with E-state index in [0.717, 1.165) is 5.69 Å². The number of halogens is 1. The van der Waals surface area contributed by atoms with Crippen molar-refractivity contribution in [2.75, 3.05) is 24.5 Å². The summed E-state index contributed by atoms with van der Waals surface area (Å²) in [5, 5.41) is 0.301. The van der Waals surface area contributed by atoms with Crippen molar-refractivity contribution in [1.29, 1.82) is 0 Å². The van der Waals surface area contributed by atoms with Gasteiger partial charge >= 0.3 is 0 Å². The molecule has 1 heterocycles. The molecular formula is C22H24ClN3O4. The lowest BCUT2D eigenvalue weighted by Crippen LogP contribution is -2.60. The first-order chi connectivity index (χ1) is 14.3. The highest BCUT2D eigenvalue weighted by atomic mass is 35.5. The van der Waals surface area contributed by atoms with Crippen LogP contribution in [-0.2, 0) is 9.59 Å². The van der Waals surface area contributed by atoms with Crippen LogP contribution in [0.2, 0.25) is 5.02 Å². The van der Waals surface area contributed by atoms with Crippen molar-refractivity contribution in [3.05, 3.63) is 59.1 Å². The van der Waals surface area contributed by atoms with Gasteiger partial charge in [-0.25, -0.2) is 0 Å². The Morgan fingerprint density at radius 3 is 2.40 bits per heavy atom. The summed E-state index contributed by atoms with van der Waals surface area (Å²) in [6, 6.07) is 13.3. The van der Waals surface area contributed by atoms with Crippen LogP contribution in [0, 0.1) is 0 Å². The lowest BCUT2D eigenvalue weighted by Gasteiger charge is -2.41. The van der Waals surface area contributed by atoms with Crippen LogP contribution in [0.3, 0.4) is 0 Å².